The number of carbonyl (C=O) groups is 1. The van der Waals surface area contributed by atoms with Crippen LogP contribution in [-0.2, 0) is 5.41 Å². The van der Waals surface area contributed by atoms with Gasteiger partial charge in [0.15, 0.2) is 0 Å². The number of aromatic nitrogens is 1. The van der Waals surface area contributed by atoms with Crippen LogP contribution in [0.2, 0.25) is 0 Å². The van der Waals surface area contributed by atoms with E-state index in [1.807, 2.05) is 23.1 Å². The number of amides is 1. The van der Waals surface area contributed by atoms with Crippen molar-refractivity contribution in [1.82, 2.24) is 9.88 Å². The summed E-state index contributed by atoms with van der Waals surface area (Å²) in [5.74, 6) is -0.0581. The summed E-state index contributed by atoms with van der Waals surface area (Å²) in [4.78, 5) is 18.9. The first-order valence-corrected chi connectivity index (χ1v) is 7.76. The van der Waals surface area contributed by atoms with Gasteiger partial charge in [-0.2, -0.15) is 5.26 Å². The quantitative estimate of drug-likeness (QED) is 0.857. The van der Waals surface area contributed by atoms with Gasteiger partial charge in [0.1, 0.15) is 11.8 Å². The van der Waals surface area contributed by atoms with Gasteiger partial charge in [-0.15, -0.1) is 0 Å². The highest BCUT2D eigenvalue weighted by Gasteiger charge is 2.37. The molecule has 0 radical (unpaired) electrons. The molecule has 0 saturated carbocycles. The van der Waals surface area contributed by atoms with Crippen LogP contribution in [0.3, 0.4) is 0 Å². The van der Waals surface area contributed by atoms with Crippen molar-refractivity contribution in [2.24, 2.45) is 0 Å². The first-order chi connectivity index (χ1) is 11.0. The third-order valence-electron chi connectivity index (χ3n) is 4.66. The molecule has 0 spiro atoms. The van der Waals surface area contributed by atoms with Gasteiger partial charge in [-0.05, 0) is 31.0 Å². The molecule has 0 N–H and O–H groups in total. The second-order valence-electron chi connectivity index (χ2n) is 6.34. The van der Waals surface area contributed by atoms with Crippen molar-refractivity contribution in [3.8, 4) is 6.07 Å². The Kier molecular flexibility index (Phi) is 3.87. The van der Waals surface area contributed by atoms with Gasteiger partial charge >= 0.3 is 0 Å². The van der Waals surface area contributed by atoms with Crippen LogP contribution in [0.15, 0.2) is 42.5 Å². The third kappa shape index (κ3) is 2.83. The Balaban J connectivity index is 1.80. The highest BCUT2D eigenvalue weighted by Crippen LogP contribution is 2.34. The van der Waals surface area contributed by atoms with Crippen LogP contribution >= 0.6 is 0 Å². The molecular weight excluding hydrogens is 286 g/mol. The zero-order valence-corrected chi connectivity index (χ0v) is 13.4. The molecule has 4 heteroatoms. The fourth-order valence-corrected chi connectivity index (χ4v) is 3.17. The van der Waals surface area contributed by atoms with Crippen LogP contribution in [0.5, 0.6) is 0 Å². The monoisotopic (exact) mass is 305 g/mol. The lowest BCUT2D eigenvalue weighted by Crippen LogP contribution is -2.33. The topological polar surface area (TPSA) is 57.0 Å². The average Bonchev–Trinajstić information content (AvgIpc) is 2.98. The molecule has 1 aliphatic heterocycles. The molecule has 2 aromatic rings. The standard InChI is InChI=1S/C19H19N3O/c1-14-15(12-20)8-9-17(21-14)18(23)22-11-10-19(2,13-22)16-6-4-3-5-7-16/h3-9H,10-11,13H2,1-2H3/t19-/m0/s1. The number of benzene rings is 1. The highest BCUT2D eigenvalue weighted by atomic mass is 16.2. The summed E-state index contributed by atoms with van der Waals surface area (Å²) in [6.07, 6.45) is 0.942. The van der Waals surface area contributed by atoms with Crippen molar-refractivity contribution in [3.63, 3.8) is 0 Å². The largest absolute Gasteiger partial charge is 0.336 e. The van der Waals surface area contributed by atoms with Crippen LogP contribution < -0.4 is 0 Å². The minimum atomic E-state index is -0.0581. The molecule has 3 rings (SSSR count). The summed E-state index contributed by atoms with van der Waals surface area (Å²) >= 11 is 0. The molecule has 1 aromatic heterocycles. The van der Waals surface area contributed by atoms with Crippen LogP contribution in [0.4, 0.5) is 0 Å². The van der Waals surface area contributed by atoms with Gasteiger partial charge in [-0.3, -0.25) is 4.79 Å². The Morgan fingerprint density at radius 2 is 2.00 bits per heavy atom. The van der Waals surface area contributed by atoms with Crippen LogP contribution in [0, 0.1) is 18.3 Å². The normalized spacial score (nSPS) is 20.3. The minimum Gasteiger partial charge on any atom is -0.336 e. The maximum Gasteiger partial charge on any atom is 0.272 e. The molecule has 2 heterocycles. The Bertz CT molecular complexity index is 779. The Hall–Kier alpha value is -2.67. The van der Waals surface area contributed by atoms with Crippen LogP contribution in [0.1, 0.15) is 40.7 Å². The molecule has 1 amide bonds. The van der Waals surface area contributed by atoms with E-state index in [1.54, 1.807) is 19.1 Å². The number of hydrogen-bond donors (Lipinski definition) is 0. The number of likely N-dealkylation sites (tertiary alicyclic amines) is 1. The van der Waals surface area contributed by atoms with E-state index in [-0.39, 0.29) is 11.3 Å². The molecule has 116 valence electrons. The Morgan fingerprint density at radius 1 is 1.26 bits per heavy atom. The minimum absolute atomic E-state index is 0.0153. The molecule has 1 atom stereocenters. The molecular formula is C19H19N3O. The second-order valence-corrected chi connectivity index (χ2v) is 6.34. The van der Waals surface area contributed by atoms with E-state index in [0.717, 1.165) is 13.0 Å². The van der Waals surface area contributed by atoms with Gasteiger partial charge in [0, 0.05) is 18.5 Å². The summed E-state index contributed by atoms with van der Waals surface area (Å²) < 4.78 is 0. The van der Waals surface area contributed by atoms with E-state index in [0.29, 0.717) is 23.5 Å². The van der Waals surface area contributed by atoms with E-state index in [9.17, 15) is 4.79 Å². The molecule has 1 fully saturated rings. The van der Waals surface area contributed by atoms with E-state index in [1.165, 1.54) is 5.56 Å². The van der Waals surface area contributed by atoms with Gasteiger partial charge in [0.25, 0.3) is 5.91 Å². The summed E-state index contributed by atoms with van der Waals surface area (Å²) in [7, 11) is 0. The lowest BCUT2D eigenvalue weighted by Gasteiger charge is -2.25. The molecule has 1 aliphatic rings. The molecule has 1 aromatic carbocycles. The van der Waals surface area contributed by atoms with E-state index in [2.05, 4.69) is 30.1 Å². The van der Waals surface area contributed by atoms with E-state index >= 15 is 0 Å². The third-order valence-corrected chi connectivity index (χ3v) is 4.66. The SMILES string of the molecule is Cc1nc(C(=O)N2CC[C@](C)(c3ccccc3)C2)ccc1C#N. The van der Waals surface area contributed by atoms with E-state index < -0.39 is 0 Å². The summed E-state index contributed by atoms with van der Waals surface area (Å²) in [5.41, 5.74) is 2.78. The van der Waals surface area contributed by atoms with E-state index in [4.69, 9.17) is 5.26 Å². The highest BCUT2D eigenvalue weighted by molar-refractivity contribution is 5.92. The predicted octanol–water partition coefficient (Wildman–Crippen LogP) is 3.07. The molecule has 0 unspecified atom stereocenters. The van der Waals surface area contributed by atoms with Crippen LogP contribution in [-0.4, -0.2) is 28.9 Å². The number of rotatable bonds is 2. The van der Waals surface area contributed by atoms with Gasteiger partial charge in [0.05, 0.1) is 11.3 Å². The summed E-state index contributed by atoms with van der Waals surface area (Å²) in [5, 5.41) is 8.97. The lowest BCUT2D eigenvalue weighted by atomic mass is 9.82. The fraction of sp³-hybridized carbons (Fsp3) is 0.316. The number of aryl methyl sites for hydroxylation is 1. The molecule has 23 heavy (non-hydrogen) atoms. The maximum absolute atomic E-state index is 12.7. The fourth-order valence-electron chi connectivity index (χ4n) is 3.17. The van der Waals surface area contributed by atoms with Crippen molar-refractivity contribution in [1.29, 1.82) is 5.26 Å². The zero-order chi connectivity index (χ0) is 16.4. The van der Waals surface area contributed by atoms with Crippen molar-refractivity contribution in [2.75, 3.05) is 13.1 Å². The molecule has 1 saturated heterocycles. The smallest absolute Gasteiger partial charge is 0.272 e. The lowest BCUT2D eigenvalue weighted by molar-refractivity contribution is 0.0778. The average molecular weight is 305 g/mol. The number of nitriles is 1. The van der Waals surface area contributed by atoms with Crippen molar-refractivity contribution in [3.05, 3.63) is 65.0 Å². The predicted molar refractivity (Wildman–Crippen MR) is 88.0 cm³/mol. The Labute approximate surface area is 136 Å². The van der Waals surface area contributed by atoms with Crippen molar-refractivity contribution < 1.29 is 4.79 Å². The number of nitrogens with zero attached hydrogens (tertiary/aromatic N) is 3. The molecule has 4 nitrogen and oxygen atoms in total. The van der Waals surface area contributed by atoms with Crippen LogP contribution in [0.25, 0.3) is 0 Å². The number of pyridine rings is 1. The maximum atomic E-state index is 12.7. The Morgan fingerprint density at radius 3 is 2.65 bits per heavy atom. The zero-order valence-electron chi connectivity index (χ0n) is 13.4. The van der Waals surface area contributed by atoms with Gasteiger partial charge in [0.2, 0.25) is 0 Å². The second kappa shape index (κ2) is 5.85. The summed E-state index contributed by atoms with van der Waals surface area (Å²) in [6.45, 7) is 5.38. The molecule has 0 bridgehead atoms. The number of hydrogen-bond acceptors (Lipinski definition) is 3. The van der Waals surface area contributed by atoms with Gasteiger partial charge < -0.3 is 4.90 Å². The van der Waals surface area contributed by atoms with Crippen molar-refractivity contribution >= 4 is 5.91 Å². The number of carbonyl (C=O) groups excluding carboxylic acids is 1. The summed E-state index contributed by atoms with van der Waals surface area (Å²) in [6, 6.07) is 15.7. The van der Waals surface area contributed by atoms with Gasteiger partial charge in [-0.25, -0.2) is 4.98 Å². The van der Waals surface area contributed by atoms with Crippen molar-refractivity contribution in [2.45, 2.75) is 25.7 Å². The first kappa shape index (κ1) is 15.2. The van der Waals surface area contributed by atoms with Gasteiger partial charge in [-0.1, -0.05) is 37.3 Å². The molecule has 0 aliphatic carbocycles. The first-order valence-electron chi connectivity index (χ1n) is 7.76.